The molecule has 0 atom stereocenters. The van der Waals surface area contributed by atoms with E-state index in [4.69, 9.17) is 5.73 Å². The maximum absolute atomic E-state index is 5.74. The van der Waals surface area contributed by atoms with Gasteiger partial charge in [-0.25, -0.2) is 4.98 Å². The molecular formula is C11H21N3S. The number of thiazole rings is 1. The molecule has 3 N–H and O–H groups in total. The minimum Gasteiger partial charge on any atom is -0.375 e. The molecule has 0 bridgehead atoms. The summed E-state index contributed by atoms with van der Waals surface area (Å²) in [4.78, 5) is 5.67. The molecule has 1 aromatic heterocycles. The summed E-state index contributed by atoms with van der Waals surface area (Å²) in [7, 11) is 0. The quantitative estimate of drug-likeness (QED) is 0.812. The van der Waals surface area contributed by atoms with E-state index >= 15 is 0 Å². The van der Waals surface area contributed by atoms with Crippen molar-refractivity contribution in [2.45, 2.75) is 46.7 Å². The van der Waals surface area contributed by atoms with Crippen LogP contribution in [0.5, 0.6) is 0 Å². The lowest BCUT2D eigenvalue weighted by molar-refractivity contribution is 0.581. The van der Waals surface area contributed by atoms with Crippen LogP contribution in [-0.2, 0) is 13.0 Å². The number of nitrogens with zero attached hydrogens (tertiary/aromatic N) is 1. The zero-order chi connectivity index (χ0) is 11.4. The van der Waals surface area contributed by atoms with Crippen molar-refractivity contribution in [1.29, 1.82) is 0 Å². The maximum atomic E-state index is 5.74. The van der Waals surface area contributed by atoms with Crippen LogP contribution in [0.25, 0.3) is 0 Å². The van der Waals surface area contributed by atoms with Crippen molar-refractivity contribution in [3.63, 3.8) is 0 Å². The second kappa shape index (κ2) is 5.47. The average molecular weight is 227 g/mol. The summed E-state index contributed by atoms with van der Waals surface area (Å²) in [5, 5.41) is 4.09. The van der Waals surface area contributed by atoms with Gasteiger partial charge in [-0.05, 0) is 12.3 Å². The number of rotatable bonds is 5. The molecule has 0 aliphatic rings. The zero-order valence-corrected chi connectivity index (χ0v) is 10.8. The van der Waals surface area contributed by atoms with Gasteiger partial charge in [0.25, 0.3) is 0 Å². The fourth-order valence-electron chi connectivity index (χ4n) is 1.38. The lowest BCUT2D eigenvalue weighted by Crippen LogP contribution is -2.22. The number of hydrogen-bond donors (Lipinski definition) is 2. The molecule has 3 nitrogen and oxygen atoms in total. The summed E-state index contributed by atoms with van der Waals surface area (Å²) >= 11 is 1.60. The zero-order valence-electron chi connectivity index (χ0n) is 10.0. The normalized spacial score (nSPS) is 11.6. The number of anilines is 1. The van der Waals surface area contributed by atoms with E-state index in [1.165, 1.54) is 10.6 Å². The van der Waals surface area contributed by atoms with Crippen LogP contribution < -0.4 is 11.1 Å². The van der Waals surface area contributed by atoms with Gasteiger partial charge < -0.3 is 11.1 Å². The first kappa shape index (κ1) is 12.5. The van der Waals surface area contributed by atoms with E-state index < -0.39 is 0 Å². The van der Waals surface area contributed by atoms with Gasteiger partial charge in [-0.2, -0.15) is 0 Å². The molecular weight excluding hydrogens is 206 g/mol. The van der Waals surface area contributed by atoms with Crippen molar-refractivity contribution in [3.8, 4) is 0 Å². The van der Waals surface area contributed by atoms with Gasteiger partial charge >= 0.3 is 0 Å². The average Bonchev–Trinajstić information content (AvgIpc) is 2.41. The molecule has 0 spiro atoms. The van der Waals surface area contributed by atoms with Crippen LogP contribution in [-0.4, -0.2) is 11.0 Å². The lowest BCUT2D eigenvalue weighted by Gasteiger charge is -2.08. The van der Waals surface area contributed by atoms with E-state index in [1.54, 1.807) is 11.3 Å². The van der Waals surface area contributed by atoms with Crippen LogP contribution in [0.4, 0.5) is 5.13 Å². The van der Waals surface area contributed by atoms with E-state index in [-0.39, 0.29) is 0 Å². The predicted molar refractivity (Wildman–Crippen MR) is 67.0 cm³/mol. The molecule has 1 rings (SSSR count). The Morgan fingerprint density at radius 1 is 1.33 bits per heavy atom. The van der Waals surface area contributed by atoms with Gasteiger partial charge in [-0.15, -0.1) is 11.3 Å². The highest BCUT2D eigenvalue weighted by Gasteiger charge is 2.11. The highest BCUT2D eigenvalue weighted by Crippen LogP contribution is 2.22. The molecule has 0 aliphatic heterocycles. The molecule has 0 unspecified atom stereocenters. The van der Waals surface area contributed by atoms with Crippen LogP contribution in [0.1, 0.15) is 38.3 Å². The van der Waals surface area contributed by atoms with Gasteiger partial charge in [0.2, 0.25) is 0 Å². The SMILES string of the molecule is CC(C)Cc1nc(N)sc1CNC(C)C. The van der Waals surface area contributed by atoms with Crippen molar-refractivity contribution in [2.75, 3.05) is 5.73 Å². The molecule has 1 aromatic rings. The van der Waals surface area contributed by atoms with E-state index in [1.807, 2.05) is 0 Å². The first-order chi connectivity index (χ1) is 6.99. The highest BCUT2D eigenvalue weighted by atomic mass is 32.1. The summed E-state index contributed by atoms with van der Waals surface area (Å²) in [5.41, 5.74) is 6.91. The second-order valence-corrected chi connectivity index (χ2v) is 5.67. The summed E-state index contributed by atoms with van der Waals surface area (Å²) in [6.07, 6.45) is 1.02. The van der Waals surface area contributed by atoms with Gasteiger partial charge in [0.05, 0.1) is 5.69 Å². The van der Waals surface area contributed by atoms with Gasteiger partial charge in [0.1, 0.15) is 0 Å². The number of aromatic nitrogens is 1. The number of nitrogen functional groups attached to an aromatic ring is 1. The molecule has 0 aromatic carbocycles. The summed E-state index contributed by atoms with van der Waals surface area (Å²) in [5.74, 6) is 0.629. The monoisotopic (exact) mass is 227 g/mol. The van der Waals surface area contributed by atoms with E-state index in [0.29, 0.717) is 17.1 Å². The minimum atomic E-state index is 0.500. The largest absolute Gasteiger partial charge is 0.375 e. The first-order valence-electron chi connectivity index (χ1n) is 5.46. The Kier molecular flexibility index (Phi) is 4.54. The number of nitrogens with one attached hydrogen (secondary N) is 1. The van der Waals surface area contributed by atoms with Crippen LogP contribution in [0.3, 0.4) is 0 Å². The predicted octanol–water partition coefficient (Wildman–Crippen LogP) is 2.42. The molecule has 15 heavy (non-hydrogen) atoms. The van der Waals surface area contributed by atoms with Crippen molar-refractivity contribution in [3.05, 3.63) is 10.6 Å². The van der Waals surface area contributed by atoms with E-state index in [0.717, 1.165) is 13.0 Å². The minimum absolute atomic E-state index is 0.500. The van der Waals surface area contributed by atoms with Crippen LogP contribution in [0, 0.1) is 5.92 Å². The standard InChI is InChI=1S/C11H21N3S/c1-7(2)5-9-10(6-13-8(3)4)15-11(12)14-9/h7-8,13H,5-6H2,1-4H3,(H2,12,14). The van der Waals surface area contributed by atoms with Crippen molar-refractivity contribution >= 4 is 16.5 Å². The molecule has 0 aliphatic carbocycles. The fourth-order valence-corrected chi connectivity index (χ4v) is 2.20. The van der Waals surface area contributed by atoms with Gasteiger partial charge in [-0.1, -0.05) is 27.7 Å². The van der Waals surface area contributed by atoms with Gasteiger partial charge in [0.15, 0.2) is 5.13 Å². The van der Waals surface area contributed by atoms with Gasteiger partial charge in [0, 0.05) is 17.5 Å². The van der Waals surface area contributed by atoms with E-state index in [2.05, 4.69) is 38.0 Å². The Morgan fingerprint density at radius 2 is 2.00 bits per heavy atom. The van der Waals surface area contributed by atoms with Crippen LogP contribution >= 0.6 is 11.3 Å². The third kappa shape index (κ3) is 4.18. The number of nitrogens with two attached hydrogens (primary N) is 1. The molecule has 0 fully saturated rings. The maximum Gasteiger partial charge on any atom is 0.180 e. The highest BCUT2D eigenvalue weighted by molar-refractivity contribution is 7.15. The fraction of sp³-hybridized carbons (Fsp3) is 0.727. The molecule has 0 radical (unpaired) electrons. The Hall–Kier alpha value is -0.610. The molecule has 1 heterocycles. The molecule has 4 heteroatoms. The first-order valence-corrected chi connectivity index (χ1v) is 6.28. The summed E-state index contributed by atoms with van der Waals surface area (Å²) in [6.45, 7) is 9.58. The third-order valence-electron chi connectivity index (χ3n) is 2.07. The third-order valence-corrected chi connectivity index (χ3v) is 2.99. The summed E-state index contributed by atoms with van der Waals surface area (Å²) in [6, 6.07) is 0.500. The summed E-state index contributed by atoms with van der Waals surface area (Å²) < 4.78 is 0. The molecule has 0 amide bonds. The molecule has 86 valence electrons. The lowest BCUT2D eigenvalue weighted by atomic mass is 10.1. The second-order valence-electron chi connectivity index (χ2n) is 4.56. The van der Waals surface area contributed by atoms with Crippen molar-refractivity contribution in [2.24, 2.45) is 5.92 Å². The Labute approximate surface area is 96.1 Å². The number of hydrogen-bond acceptors (Lipinski definition) is 4. The van der Waals surface area contributed by atoms with Gasteiger partial charge in [-0.3, -0.25) is 0 Å². The van der Waals surface area contributed by atoms with Crippen LogP contribution in [0.15, 0.2) is 0 Å². The Morgan fingerprint density at radius 3 is 2.53 bits per heavy atom. The van der Waals surface area contributed by atoms with E-state index in [9.17, 15) is 0 Å². The van der Waals surface area contributed by atoms with Crippen LogP contribution in [0.2, 0.25) is 0 Å². The van der Waals surface area contributed by atoms with Crippen molar-refractivity contribution in [1.82, 2.24) is 10.3 Å². The smallest absolute Gasteiger partial charge is 0.180 e. The van der Waals surface area contributed by atoms with Crippen molar-refractivity contribution < 1.29 is 0 Å². The topological polar surface area (TPSA) is 50.9 Å². The molecule has 0 saturated carbocycles. The Bertz CT molecular complexity index is 305. The molecule has 0 saturated heterocycles. The Balaban J connectivity index is 2.68.